The van der Waals surface area contributed by atoms with E-state index in [1.165, 1.54) is 13.8 Å². The minimum Gasteiger partial charge on any atom is -0.334 e. The summed E-state index contributed by atoms with van der Waals surface area (Å²) in [6, 6.07) is 0. The normalized spacial score (nSPS) is 10.7. The average Bonchev–Trinajstić information content (AvgIpc) is 2.43. The SMILES string of the molecule is Cc1nnc(SSc2nnc(C)c(=O)n2N)n(N)c1=O. The van der Waals surface area contributed by atoms with Crippen molar-refractivity contribution in [2.24, 2.45) is 0 Å². The molecule has 0 spiro atoms. The number of aromatic nitrogens is 6. The summed E-state index contributed by atoms with van der Waals surface area (Å²) in [7, 11) is 1.98. The molecule has 0 saturated carbocycles. The summed E-state index contributed by atoms with van der Waals surface area (Å²) >= 11 is 0. The van der Waals surface area contributed by atoms with Gasteiger partial charge in [0.1, 0.15) is 11.4 Å². The first-order valence-electron chi connectivity index (χ1n) is 5.19. The molecular formula is C8H10N8O2S2. The molecule has 2 aromatic heterocycles. The van der Waals surface area contributed by atoms with Crippen LogP contribution in [0.2, 0.25) is 0 Å². The van der Waals surface area contributed by atoms with Crippen molar-refractivity contribution in [2.75, 3.05) is 11.7 Å². The third-order valence-corrected chi connectivity index (χ3v) is 4.31. The monoisotopic (exact) mass is 314 g/mol. The van der Waals surface area contributed by atoms with Gasteiger partial charge in [0.15, 0.2) is 0 Å². The first kappa shape index (κ1) is 14.3. The summed E-state index contributed by atoms with van der Waals surface area (Å²) in [6.45, 7) is 3.01. The zero-order chi connectivity index (χ0) is 14.9. The van der Waals surface area contributed by atoms with Crippen LogP contribution in [0.4, 0.5) is 0 Å². The molecule has 0 radical (unpaired) electrons. The number of aryl methyl sites for hydroxylation is 2. The van der Waals surface area contributed by atoms with E-state index in [1.54, 1.807) is 0 Å². The van der Waals surface area contributed by atoms with Gasteiger partial charge in [-0.2, -0.15) is 9.35 Å². The Kier molecular flexibility index (Phi) is 3.94. The maximum atomic E-state index is 11.6. The van der Waals surface area contributed by atoms with Crippen molar-refractivity contribution in [3.63, 3.8) is 0 Å². The van der Waals surface area contributed by atoms with Crippen LogP contribution in [-0.4, -0.2) is 29.7 Å². The van der Waals surface area contributed by atoms with Gasteiger partial charge >= 0.3 is 0 Å². The smallest absolute Gasteiger partial charge is 0.294 e. The fourth-order valence-electron chi connectivity index (χ4n) is 1.13. The van der Waals surface area contributed by atoms with Crippen LogP contribution < -0.4 is 22.8 Å². The summed E-state index contributed by atoms with van der Waals surface area (Å²) in [6.07, 6.45) is 0. The Morgan fingerprint density at radius 3 is 1.50 bits per heavy atom. The predicted octanol–water partition coefficient (Wildman–Crippen LogP) is -1.57. The van der Waals surface area contributed by atoms with Gasteiger partial charge in [-0.1, -0.05) is 0 Å². The van der Waals surface area contributed by atoms with Crippen LogP contribution in [0.25, 0.3) is 0 Å². The zero-order valence-electron chi connectivity index (χ0n) is 10.5. The van der Waals surface area contributed by atoms with Crippen molar-refractivity contribution in [3.05, 3.63) is 32.1 Å². The molecule has 0 fully saturated rings. The maximum Gasteiger partial charge on any atom is 0.294 e. The van der Waals surface area contributed by atoms with E-state index in [2.05, 4.69) is 20.4 Å². The number of hydrogen-bond acceptors (Lipinski definition) is 10. The first-order valence-corrected chi connectivity index (χ1v) is 7.34. The molecule has 0 saturated heterocycles. The van der Waals surface area contributed by atoms with Crippen LogP contribution in [-0.2, 0) is 0 Å². The van der Waals surface area contributed by atoms with Gasteiger partial charge in [-0.05, 0) is 35.4 Å². The number of hydrogen-bond donors (Lipinski definition) is 2. The molecular weight excluding hydrogens is 304 g/mol. The third-order valence-electron chi connectivity index (χ3n) is 2.23. The Bertz CT molecular complexity index is 705. The van der Waals surface area contributed by atoms with Crippen molar-refractivity contribution in [1.82, 2.24) is 29.7 Å². The minimum atomic E-state index is -0.455. The standard InChI is InChI=1S/C8H10N8O2S2/c1-3-5(17)15(9)7(13-11-3)19-20-8-14-12-4(2)6(18)16(8)10/h9-10H2,1-2H3. The van der Waals surface area contributed by atoms with Crippen molar-refractivity contribution < 1.29 is 0 Å². The van der Waals surface area contributed by atoms with Gasteiger partial charge < -0.3 is 11.7 Å². The van der Waals surface area contributed by atoms with Gasteiger partial charge in [-0.25, -0.2) is 0 Å². The van der Waals surface area contributed by atoms with E-state index in [9.17, 15) is 9.59 Å². The number of nitrogens with zero attached hydrogens (tertiary/aromatic N) is 6. The van der Waals surface area contributed by atoms with Crippen LogP contribution in [0.15, 0.2) is 19.9 Å². The van der Waals surface area contributed by atoms with Crippen molar-refractivity contribution >= 4 is 21.6 Å². The predicted molar refractivity (Wildman–Crippen MR) is 74.1 cm³/mol. The van der Waals surface area contributed by atoms with E-state index in [1.807, 2.05) is 0 Å². The molecule has 4 N–H and O–H groups in total. The van der Waals surface area contributed by atoms with E-state index >= 15 is 0 Å². The van der Waals surface area contributed by atoms with Gasteiger partial charge in [-0.3, -0.25) is 9.59 Å². The Hall–Kier alpha value is -2.08. The summed E-state index contributed by atoms with van der Waals surface area (Å²) in [5.74, 6) is 11.1. The topological polar surface area (TPSA) is 148 Å². The molecule has 2 heterocycles. The summed E-state index contributed by atoms with van der Waals surface area (Å²) in [5, 5.41) is 15.2. The first-order chi connectivity index (χ1) is 9.41. The van der Waals surface area contributed by atoms with Gasteiger partial charge in [-0.15, -0.1) is 20.4 Å². The molecule has 106 valence electrons. The second-order valence-electron chi connectivity index (χ2n) is 3.65. The number of nitrogens with two attached hydrogens (primary N) is 2. The van der Waals surface area contributed by atoms with Gasteiger partial charge in [0.2, 0.25) is 10.3 Å². The van der Waals surface area contributed by atoms with E-state index in [4.69, 9.17) is 11.7 Å². The van der Waals surface area contributed by atoms with Crippen molar-refractivity contribution in [3.8, 4) is 0 Å². The fraction of sp³-hybridized carbons (Fsp3) is 0.250. The van der Waals surface area contributed by atoms with Crippen LogP contribution in [0.1, 0.15) is 11.4 Å². The van der Waals surface area contributed by atoms with Gasteiger partial charge in [0.25, 0.3) is 11.1 Å². The van der Waals surface area contributed by atoms with E-state index in [0.29, 0.717) is 0 Å². The molecule has 0 atom stereocenters. The van der Waals surface area contributed by atoms with Crippen molar-refractivity contribution in [2.45, 2.75) is 24.2 Å². The second kappa shape index (κ2) is 5.50. The number of nitrogen functional groups attached to an aromatic ring is 2. The molecule has 0 aliphatic carbocycles. The second-order valence-corrected chi connectivity index (χ2v) is 5.72. The lowest BCUT2D eigenvalue weighted by Crippen LogP contribution is -2.33. The molecule has 2 rings (SSSR count). The van der Waals surface area contributed by atoms with Crippen molar-refractivity contribution in [1.29, 1.82) is 0 Å². The Morgan fingerprint density at radius 1 is 0.800 bits per heavy atom. The van der Waals surface area contributed by atoms with E-state index in [0.717, 1.165) is 30.9 Å². The Labute approximate surface area is 119 Å². The molecule has 0 aliphatic heterocycles. The fourth-order valence-corrected chi connectivity index (χ4v) is 2.88. The lowest BCUT2D eigenvalue weighted by atomic mass is 10.5. The molecule has 12 heteroatoms. The number of rotatable bonds is 3. The van der Waals surface area contributed by atoms with Crippen LogP contribution in [0, 0.1) is 13.8 Å². The molecule has 0 unspecified atom stereocenters. The zero-order valence-corrected chi connectivity index (χ0v) is 12.1. The van der Waals surface area contributed by atoms with Crippen LogP contribution in [0.5, 0.6) is 0 Å². The Balaban J connectivity index is 2.26. The molecule has 0 amide bonds. The lowest BCUT2D eigenvalue weighted by Gasteiger charge is -2.06. The maximum absolute atomic E-state index is 11.6. The van der Waals surface area contributed by atoms with Crippen LogP contribution in [0.3, 0.4) is 0 Å². The lowest BCUT2D eigenvalue weighted by molar-refractivity contribution is 0.680. The molecule has 0 bridgehead atoms. The molecule has 2 aromatic rings. The van der Waals surface area contributed by atoms with Gasteiger partial charge in [0.05, 0.1) is 0 Å². The molecule has 10 nitrogen and oxygen atoms in total. The van der Waals surface area contributed by atoms with Gasteiger partial charge in [0, 0.05) is 0 Å². The highest BCUT2D eigenvalue weighted by Gasteiger charge is 2.12. The summed E-state index contributed by atoms with van der Waals surface area (Å²) < 4.78 is 1.72. The molecule has 0 aromatic carbocycles. The highest BCUT2D eigenvalue weighted by atomic mass is 33.1. The Morgan fingerprint density at radius 2 is 1.15 bits per heavy atom. The molecule has 0 aliphatic rings. The summed E-state index contributed by atoms with van der Waals surface area (Å²) in [5.41, 5.74) is -0.535. The largest absolute Gasteiger partial charge is 0.334 e. The summed E-state index contributed by atoms with van der Waals surface area (Å²) in [4.78, 5) is 23.1. The average molecular weight is 314 g/mol. The highest BCUT2D eigenvalue weighted by molar-refractivity contribution is 8.76. The highest BCUT2D eigenvalue weighted by Crippen LogP contribution is 2.32. The quantitative estimate of drug-likeness (QED) is 0.503. The van der Waals surface area contributed by atoms with Crippen LogP contribution >= 0.6 is 21.6 Å². The van der Waals surface area contributed by atoms with E-state index < -0.39 is 11.1 Å². The minimum absolute atomic E-state index is 0.153. The van der Waals surface area contributed by atoms with E-state index in [-0.39, 0.29) is 21.7 Å². The molecule has 20 heavy (non-hydrogen) atoms. The third kappa shape index (κ3) is 2.60.